The van der Waals surface area contributed by atoms with Gasteiger partial charge in [-0.3, -0.25) is 14.4 Å². The normalized spacial score (nSPS) is 13.7. The minimum absolute atomic E-state index is 0.00214. The van der Waals surface area contributed by atoms with E-state index in [0.717, 1.165) is 5.69 Å². The molecule has 0 saturated carbocycles. The summed E-state index contributed by atoms with van der Waals surface area (Å²) in [6.45, 7) is 13.2. The lowest BCUT2D eigenvalue weighted by Crippen LogP contribution is -2.36. The number of halogens is 1. The number of nitrogens with zero attached hydrogens (tertiary/aromatic N) is 1. The fraction of sp³-hybridized carbons (Fsp3) is 0.417. The Kier molecular flexibility index (Phi) is 10.7. The summed E-state index contributed by atoms with van der Waals surface area (Å²) in [5.41, 5.74) is 2.98. The summed E-state index contributed by atoms with van der Waals surface area (Å²) in [6, 6.07) is 17.3. The lowest BCUT2D eigenvalue weighted by molar-refractivity contribution is -0.155. The maximum atomic E-state index is 14.9. The van der Waals surface area contributed by atoms with Crippen LogP contribution in [0.1, 0.15) is 69.4 Å². The van der Waals surface area contributed by atoms with Gasteiger partial charge in [-0.05, 0) is 107 Å². The van der Waals surface area contributed by atoms with Crippen LogP contribution in [0.2, 0.25) is 0 Å². The highest BCUT2D eigenvalue weighted by atomic mass is 19.1. The molecule has 0 spiro atoms. The number of hydrogen-bond donors (Lipinski definition) is 1. The van der Waals surface area contributed by atoms with Gasteiger partial charge >= 0.3 is 11.9 Å². The van der Waals surface area contributed by atoms with Crippen molar-refractivity contribution in [3.05, 3.63) is 83.2 Å². The molecule has 0 unspecified atom stereocenters. The van der Waals surface area contributed by atoms with Gasteiger partial charge in [0.2, 0.25) is 0 Å². The van der Waals surface area contributed by atoms with E-state index in [4.69, 9.17) is 14.2 Å². The number of morpholine rings is 1. The van der Waals surface area contributed by atoms with Crippen molar-refractivity contribution in [1.82, 2.24) is 0 Å². The fourth-order valence-corrected chi connectivity index (χ4v) is 5.04. The molecule has 1 fully saturated rings. The van der Waals surface area contributed by atoms with E-state index in [1.807, 2.05) is 18.2 Å². The number of anilines is 2. The number of para-hydroxylation sites is 1. The fourth-order valence-electron chi connectivity index (χ4n) is 5.04. The second kappa shape index (κ2) is 14.2. The SMILES string of the molecule is CC(C)(C)OC(=O)CCc1cc(F)cc(-c2cc(C(=O)Nc3ccccc3CC(=O)OC(C)(C)C)cc(N3CCOCC3)c2)c1. The summed E-state index contributed by atoms with van der Waals surface area (Å²) in [6.07, 6.45) is 0.428. The van der Waals surface area contributed by atoms with Crippen molar-refractivity contribution in [2.45, 2.75) is 72.0 Å². The molecule has 8 nitrogen and oxygen atoms in total. The molecule has 0 atom stereocenters. The Morgan fingerprint density at radius 1 is 0.844 bits per heavy atom. The first-order chi connectivity index (χ1) is 21.1. The predicted molar refractivity (Wildman–Crippen MR) is 173 cm³/mol. The Bertz CT molecular complexity index is 1530. The Morgan fingerprint density at radius 3 is 2.18 bits per heavy atom. The van der Waals surface area contributed by atoms with Gasteiger partial charge in [0.1, 0.15) is 17.0 Å². The molecule has 1 amide bonds. The number of carbonyl (C=O) groups excluding carboxylic acids is 3. The zero-order chi connectivity index (χ0) is 32.8. The molecule has 9 heteroatoms. The zero-order valence-corrected chi connectivity index (χ0v) is 27.0. The molecule has 1 aliphatic rings. The van der Waals surface area contributed by atoms with Crippen molar-refractivity contribution in [3.8, 4) is 11.1 Å². The molecular weight excluding hydrogens is 575 g/mol. The zero-order valence-electron chi connectivity index (χ0n) is 27.0. The van der Waals surface area contributed by atoms with Crippen molar-refractivity contribution in [2.75, 3.05) is 36.5 Å². The van der Waals surface area contributed by atoms with Gasteiger partial charge in [-0.15, -0.1) is 0 Å². The van der Waals surface area contributed by atoms with E-state index in [2.05, 4.69) is 10.2 Å². The number of benzene rings is 3. The molecule has 3 aromatic carbocycles. The van der Waals surface area contributed by atoms with Crippen LogP contribution in [-0.4, -0.2) is 55.4 Å². The molecular formula is C36H43FN2O6. The van der Waals surface area contributed by atoms with Crippen LogP contribution in [0, 0.1) is 5.82 Å². The molecule has 1 N–H and O–H groups in total. The van der Waals surface area contributed by atoms with E-state index >= 15 is 0 Å². The van der Waals surface area contributed by atoms with Crippen LogP contribution in [0.15, 0.2) is 60.7 Å². The van der Waals surface area contributed by atoms with E-state index in [9.17, 15) is 18.8 Å². The molecule has 1 aliphatic heterocycles. The highest BCUT2D eigenvalue weighted by Gasteiger charge is 2.21. The minimum atomic E-state index is -0.627. The lowest BCUT2D eigenvalue weighted by atomic mass is 9.97. The highest BCUT2D eigenvalue weighted by molar-refractivity contribution is 6.06. The van der Waals surface area contributed by atoms with Crippen LogP contribution in [0.4, 0.5) is 15.8 Å². The molecule has 45 heavy (non-hydrogen) atoms. The maximum absolute atomic E-state index is 14.9. The third-order valence-electron chi connectivity index (χ3n) is 6.91. The van der Waals surface area contributed by atoms with Crippen LogP contribution in [0.25, 0.3) is 11.1 Å². The molecule has 1 heterocycles. The standard InChI is InChI=1S/C36H43FN2O6/c1-35(2,3)44-32(40)12-11-24-17-26(20-29(37)18-24)27-19-28(22-30(21-27)39-13-15-43-16-14-39)34(42)38-31-10-8-7-9-25(31)23-33(41)45-36(4,5)6/h7-10,17-22H,11-16,23H2,1-6H3,(H,38,42). The van der Waals surface area contributed by atoms with Crippen molar-refractivity contribution < 1.29 is 33.0 Å². The van der Waals surface area contributed by atoms with Crippen molar-refractivity contribution in [3.63, 3.8) is 0 Å². The van der Waals surface area contributed by atoms with Gasteiger partial charge in [-0.2, -0.15) is 0 Å². The minimum Gasteiger partial charge on any atom is -0.460 e. The van der Waals surface area contributed by atoms with Crippen LogP contribution in [0.5, 0.6) is 0 Å². The van der Waals surface area contributed by atoms with Crippen LogP contribution in [0.3, 0.4) is 0 Å². The molecule has 240 valence electrons. The first-order valence-electron chi connectivity index (χ1n) is 15.3. The third-order valence-corrected chi connectivity index (χ3v) is 6.91. The number of hydrogen-bond acceptors (Lipinski definition) is 7. The summed E-state index contributed by atoms with van der Waals surface area (Å²) in [4.78, 5) is 40.7. The van der Waals surface area contributed by atoms with Crippen molar-refractivity contribution >= 4 is 29.2 Å². The van der Waals surface area contributed by atoms with Gasteiger partial charge < -0.3 is 24.4 Å². The summed E-state index contributed by atoms with van der Waals surface area (Å²) >= 11 is 0. The first-order valence-corrected chi connectivity index (χ1v) is 15.3. The summed E-state index contributed by atoms with van der Waals surface area (Å²) in [7, 11) is 0. The average Bonchev–Trinajstić information content (AvgIpc) is 2.95. The quantitative estimate of drug-likeness (QED) is 0.266. The van der Waals surface area contributed by atoms with Gasteiger partial charge in [-0.25, -0.2) is 4.39 Å². The number of amides is 1. The summed E-state index contributed by atoms with van der Waals surface area (Å²) in [5, 5.41) is 2.96. The number of aryl methyl sites for hydroxylation is 1. The molecule has 0 bridgehead atoms. The van der Waals surface area contributed by atoms with Gasteiger partial charge in [0.05, 0.1) is 19.6 Å². The molecule has 3 aromatic rings. The van der Waals surface area contributed by atoms with Gasteiger partial charge in [0, 0.05) is 36.4 Å². The third kappa shape index (κ3) is 10.4. The van der Waals surface area contributed by atoms with Crippen molar-refractivity contribution in [2.24, 2.45) is 0 Å². The highest BCUT2D eigenvalue weighted by Crippen LogP contribution is 2.30. The number of carbonyl (C=O) groups is 3. The van der Waals surface area contributed by atoms with E-state index in [-0.39, 0.29) is 24.7 Å². The smallest absolute Gasteiger partial charge is 0.310 e. The number of esters is 2. The molecule has 4 rings (SSSR count). The molecule has 0 aliphatic carbocycles. The second-order valence-electron chi connectivity index (χ2n) is 13.2. The Morgan fingerprint density at radius 2 is 1.49 bits per heavy atom. The molecule has 0 radical (unpaired) electrons. The summed E-state index contributed by atoms with van der Waals surface area (Å²) in [5.74, 6) is -1.56. The number of ether oxygens (including phenoxy) is 3. The monoisotopic (exact) mass is 618 g/mol. The maximum Gasteiger partial charge on any atom is 0.310 e. The number of nitrogens with one attached hydrogen (secondary N) is 1. The second-order valence-corrected chi connectivity index (χ2v) is 13.2. The van der Waals surface area contributed by atoms with Crippen molar-refractivity contribution in [1.29, 1.82) is 0 Å². The van der Waals surface area contributed by atoms with Gasteiger partial charge in [0.15, 0.2) is 0 Å². The lowest BCUT2D eigenvalue weighted by Gasteiger charge is -2.29. The van der Waals surface area contributed by atoms with E-state index < -0.39 is 23.0 Å². The Hall–Kier alpha value is -4.24. The van der Waals surface area contributed by atoms with Crippen LogP contribution < -0.4 is 10.2 Å². The van der Waals surface area contributed by atoms with Gasteiger partial charge in [-0.1, -0.05) is 24.3 Å². The number of rotatable bonds is 9. The van der Waals surface area contributed by atoms with Gasteiger partial charge in [0.25, 0.3) is 5.91 Å². The topological polar surface area (TPSA) is 94.2 Å². The van der Waals surface area contributed by atoms with E-state index in [1.54, 1.807) is 71.9 Å². The van der Waals surface area contributed by atoms with Crippen LogP contribution >= 0.6 is 0 Å². The summed E-state index contributed by atoms with van der Waals surface area (Å²) < 4.78 is 31.3. The molecule has 0 aromatic heterocycles. The molecule has 1 saturated heterocycles. The Labute approximate surface area is 264 Å². The Balaban J connectivity index is 1.63. The average molecular weight is 619 g/mol. The predicted octanol–water partition coefficient (Wildman–Crippen LogP) is 6.74. The van der Waals surface area contributed by atoms with E-state index in [0.29, 0.717) is 66.2 Å². The van der Waals surface area contributed by atoms with Crippen LogP contribution in [-0.2, 0) is 36.6 Å². The van der Waals surface area contributed by atoms with E-state index in [1.165, 1.54) is 12.1 Å². The first kappa shape index (κ1) is 33.6. The largest absolute Gasteiger partial charge is 0.460 e.